The van der Waals surface area contributed by atoms with Crippen molar-refractivity contribution in [2.45, 2.75) is 6.92 Å². The van der Waals surface area contributed by atoms with E-state index in [0.29, 0.717) is 0 Å². The third-order valence-corrected chi connectivity index (χ3v) is 1.95. The van der Waals surface area contributed by atoms with Gasteiger partial charge in [-0.2, -0.15) is 5.10 Å². The van der Waals surface area contributed by atoms with Gasteiger partial charge < -0.3 is 0 Å². The maximum Gasteiger partial charge on any atom is 0.0878 e. The number of hydrogen-bond acceptors (Lipinski definition) is 2. The quantitative estimate of drug-likeness (QED) is 0.718. The molecule has 0 aliphatic heterocycles. The van der Waals surface area contributed by atoms with E-state index in [4.69, 9.17) is 0 Å². The first-order valence-electron chi connectivity index (χ1n) is 4.39. The van der Waals surface area contributed by atoms with Gasteiger partial charge in [-0.3, -0.25) is 4.98 Å². The topological polar surface area (TPSA) is 30.7 Å². The number of allylic oxidation sites excluding steroid dienone is 1. The van der Waals surface area contributed by atoms with Crippen molar-refractivity contribution in [1.29, 1.82) is 0 Å². The van der Waals surface area contributed by atoms with Crippen LogP contribution < -0.4 is 0 Å². The molecule has 0 saturated heterocycles. The van der Waals surface area contributed by atoms with Crippen molar-refractivity contribution in [3.8, 4) is 5.69 Å². The summed E-state index contributed by atoms with van der Waals surface area (Å²) >= 11 is 0. The van der Waals surface area contributed by atoms with E-state index in [1.54, 1.807) is 12.4 Å². The molecule has 0 bridgehead atoms. The molecular formula is C11H11N3. The van der Waals surface area contributed by atoms with Crippen LogP contribution in [-0.4, -0.2) is 14.8 Å². The Hall–Kier alpha value is -1.90. The van der Waals surface area contributed by atoms with Crippen molar-refractivity contribution in [1.82, 2.24) is 14.8 Å². The van der Waals surface area contributed by atoms with Crippen LogP contribution in [0.4, 0.5) is 0 Å². The maximum absolute atomic E-state index is 4.37. The molecule has 2 aromatic rings. The highest BCUT2D eigenvalue weighted by Gasteiger charge is 2.00. The lowest BCUT2D eigenvalue weighted by Gasteiger charge is -1.98. The van der Waals surface area contributed by atoms with Gasteiger partial charge in [0.05, 0.1) is 11.4 Å². The summed E-state index contributed by atoms with van der Waals surface area (Å²) in [4.78, 5) is 3.95. The van der Waals surface area contributed by atoms with Crippen molar-refractivity contribution in [2.24, 2.45) is 0 Å². The molecule has 2 aromatic heterocycles. The van der Waals surface area contributed by atoms with Crippen LogP contribution >= 0.6 is 0 Å². The Bertz CT molecular complexity index is 443. The number of aromatic nitrogens is 3. The molecule has 3 heteroatoms. The van der Waals surface area contributed by atoms with Gasteiger partial charge in [-0.15, -0.1) is 0 Å². The van der Waals surface area contributed by atoms with Crippen LogP contribution in [0.1, 0.15) is 12.6 Å². The normalized spacial score (nSPS) is 10.1. The van der Waals surface area contributed by atoms with Crippen LogP contribution in [0.5, 0.6) is 0 Å². The fourth-order valence-electron chi connectivity index (χ4n) is 1.19. The summed E-state index contributed by atoms with van der Waals surface area (Å²) in [5.41, 5.74) is 2.90. The van der Waals surface area contributed by atoms with Crippen LogP contribution in [0.15, 0.2) is 43.4 Å². The van der Waals surface area contributed by atoms with Crippen molar-refractivity contribution in [3.05, 3.63) is 49.1 Å². The van der Waals surface area contributed by atoms with Crippen LogP contribution in [-0.2, 0) is 0 Å². The predicted octanol–water partition coefficient (Wildman–Crippen LogP) is 2.30. The van der Waals surface area contributed by atoms with Crippen molar-refractivity contribution >= 4 is 5.57 Å². The average Bonchev–Trinajstić information content (AvgIpc) is 2.68. The molecule has 2 heterocycles. The standard InChI is InChI=1S/C11H11N3/c1-9(2)11-5-8-14(13-11)10-3-6-12-7-4-10/h3-8H,1H2,2H3. The van der Waals surface area contributed by atoms with E-state index >= 15 is 0 Å². The van der Waals surface area contributed by atoms with Gasteiger partial charge in [0.25, 0.3) is 0 Å². The van der Waals surface area contributed by atoms with Crippen LogP contribution in [0.2, 0.25) is 0 Å². The van der Waals surface area contributed by atoms with E-state index < -0.39 is 0 Å². The van der Waals surface area contributed by atoms with Gasteiger partial charge in [0.15, 0.2) is 0 Å². The first-order valence-corrected chi connectivity index (χ1v) is 4.39. The predicted molar refractivity (Wildman–Crippen MR) is 56.1 cm³/mol. The second-order valence-electron chi connectivity index (χ2n) is 3.13. The molecule has 70 valence electrons. The zero-order valence-corrected chi connectivity index (χ0v) is 8.01. The molecule has 0 amide bonds. The smallest absolute Gasteiger partial charge is 0.0878 e. The third kappa shape index (κ3) is 1.57. The second-order valence-corrected chi connectivity index (χ2v) is 3.13. The van der Waals surface area contributed by atoms with E-state index in [0.717, 1.165) is 17.0 Å². The lowest BCUT2D eigenvalue weighted by atomic mass is 10.3. The molecule has 0 unspecified atom stereocenters. The van der Waals surface area contributed by atoms with E-state index in [1.807, 2.05) is 36.0 Å². The molecule has 0 spiro atoms. The largest absolute Gasteiger partial charge is 0.265 e. The lowest BCUT2D eigenvalue weighted by Crippen LogP contribution is -1.95. The summed E-state index contributed by atoms with van der Waals surface area (Å²) in [5.74, 6) is 0. The summed E-state index contributed by atoms with van der Waals surface area (Å²) < 4.78 is 1.81. The fraction of sp³-hybridized carbons (Fsp3) is 0.0909. The van der Waals surface area contributed by atoms with E-state index in [9.17, 15) is 0 Å². The first-order chi connectivity index (χ1) is 6.77. The van der Waals surface area contributed by atoms with Crippen molar-refractivity contribution in [3.63, 3.8) is 0 Å². The molecule has 0 saturated carbocycles. The summed E-state index contributed by atoms with van der Waals surface area (Å²) in [5, 5.41) is 4.37. The monoisotopic (exact) mass is 185 g/mol. The second kappa shape index (κ2) is 3.46. The summed E-state index contributed by atoms with van der Waals surface area (Å²) in [6.45, 7) is 5.79. The molecule has 14 heavy (non-hydrogen) atoms. The molecule has 0 atom stereocenters. The van der Waals surface area contributed by atoms with Crippen LogP contribution in [0, 0.1) is 0 Å². The molecule has 3 nitrogen and oxygen atoms in total. The number of nitrogens with zero attached hydrogens (tertiary/aromatic N) is 3. The van der Waals surface area contributed by atoms with Crippen molar-refractivity contribution < 1.29 is 0 Å². The summed E-state index contributed by atoms with van der Waals surface area (Å²) in [6.07, 6.45) is 5.41. The van der Waals surface area contributed by atoms with Gasteiger partial charge in [0.1, 0.15) is 0 Å². The third-order valence-electron chi connectivity index (χ3n) is 1.95. The van der Waals surface area contributed by atoms with Gasteiger partial charge in [-0.25, -0.2) is 4.68 Å². The van der Waals surface area contributed by atoms with Gasteiger partial charge in [0, 0.05) is 18.6 Å². The van der Waals surface area contributed by atoms with Crippen LogP contribution in [0.25, 0.3) is 11.3 Å². The molecule has 0 radical (unpaired) electrons. The SMILES string of the molecule is C=C(C)c1ccn(-c2ccncc2)n1. The minimum atomic E-state index is 0.918. The van der Waals surface area contributed by atoms with E-state index in [-0.39, 0.29) is 0 Å². The van der Waals surface area contributed by atoms with Gasteiger partial charge in [0.2, 0.25) is 0 Å². The van der Waals surface area contributed by atoms with Crippen LogP contribution in [0.3, 0.4) is 0 Å². The Kier molecular flexibility index (Phi) is 2.14. The minimum Gasteiger partial charge on any atom is -0.265 e. The minimum absolute atomic E-state index is 0.918. The molecule has 0 fully saturated rings. The van der Waals surface area contributed by atoms with Gasteiger partial charge in [-0.1, -0.05) is 6.58 Å². The summed E-state index contributed by atoms with van der Waals surface area (Å²) in [6, 6.07) is 5.77. The maximum atomic E-state index is 4.37. The Morgan fingerprint density at radius 1 is 1.29 bits per heavy atom. The van der Waals surface area contributed by atoms with Gasteiger partial charge in [-0.05, 0) is 30.7 Å². The molecule has 0 aromatic carbocycles. The lowest BCUT2D eigenvalue weighted by molar-refractivity contribution is 0.870. The average molecular weight is 185 g/mol. The Morgan fingerprint density at radius 2 is 2.00 bits per heavy atom. The van der Waals surface area contributed by atoms with E-state index in [2.05, 4.69) is 16.7 Å². The highest BCUT2D eigenvalue weighted by molar-refractivity contribution is 5.57. The zero-order valence-electron chi connectivity index (χ0n) is 8.01. The molecule has 0 N–H and O–H groups in total. The van der Waals surface area contributed by atoms with E-state index in [1.165, 1.54) is 0 Å². The molecule has 2 rings (SSSR count). The molecule has 0 aliphatic carbocycles. The number of rotatable bonds is 2. The summed E-state index contributed by atoms with van der Waals surface area (Å²) in [7, 11) is 0. The number of pyridine rings is 1. The van der Waals surface area contributed by atoms with Crippen molar-refractivity contribution in [2.75, 3.05) is 0 Å². The highest BCUT2D eigenvalue weighted by atomic mass is 15.3. The fourth-order valence-corrected chi connectivity index (χ4v) is 1.19. The Labute approximate surface area is 82.7 Å². The number of hydrogen-bond donors (Lipinski definition) is 0. The molecule has 0 aliphatic rings. The van der Waals surface area contributed by atoms with Gasteiger partial charge >= 0.3 is 0 Å². The zero-order chi connectivity index (χ0) is 9.97. The molecular weight excluding hydrogens is 174 g/mol. The Balaban J connectivity index is 2.39. The first kappa shape index (κ1) is 8.69. The Morgan fingerprint density at radius 3 is 2.57 bits per heavy atom. The highest BCUT2D eigenvalue weighted by Crippen LogP contribution is 2.10.